The van der Waals surface area contributed by atoms with Crippen molar-refractivity contribution in [2.24, 2.45) is 0 Å². The van der Waals surface area contributed by atoms with E-state index in [1.165, 1.54) is 0 Å². The zero-order valence-corrected chi connectivity index (χ0v) is 12.8. The molecule has 0 aromatic rings. The molecule has 0 saturated carbocycles. The predicted octanol–water partition coefficient (Wildman–Crippen LogP) is -0.00500. The van der Waals surface area contributed by atoms with E-state index < -0.39 is 0 Å². The SMILES string of the molecule is [Ac].[Am].[Pd].[Ru]. The fourth-order valence-electron chi connectivity index (χ4n) is 0. The van der Waals surface area contributed by atoms with Gasteiger partial charge in [0, 0.05) is 98.2 Å². The number of hydrogen-bond donors (Lipinski definition) is 0. The van der Waals surface area contributed by atoms with E-state index >= 15 is 0 Å². The van der Waals surface area contributed by atoms with Crippen LogP contribution < -0.4 is 0 Å². The quantitative estimate of drug-likeness (QED) is 0.317. The van der Waals surface area contributed by atoms with Crippen LogP contribution >= 0.6 is 0 Å². The van der Waals surface area contributed by atoms with Crippen LogP contribution in [-0.4, -0.2) is 0 Å². The van der Waals surface area contributed by atoms with Gasteiger partial charge in [-0.3, -0.25) is 0 Å². The van der Waals surface area contributed by atoms with Gasteiger partial charge in [0.1, 0.15) is 0 Å². The van der Waals surface area contributed by atoms with Gasteiger partial charge in [0.05, 0.1) is 0 Å². The third-order valence-electron chi connectivity index (χ3n) is 0. The van der Waals surface area contributed by atoms with Crippen LogP contribution in [0.1, 0.15) is 0 Å². The molecule has 0 aromatic heterocycles. The Kier molecular flexibility index (Phi) is 113. The molecule has 4 heavy (non-hydrogen) atoms. The van der Waals surface area contributed by atoms with Gasteiger partial charge in [-0.25, -0.2) is 0 Å². The Morgan fingerprint density at radius 1 is 1.00 bits per heavy atom. The van der Waals surface area contributed by atoms with E-state index in [1.807, 2.05) is 0 Å². The fourth-order valence-corrected chi connectivity index (χ4v) is 0. The maximum Gasteiger partial charge on any atom is 0 e. The summed E-state index contributed by atoms with van der Waals surface area (Å²) in [7, 11) is 0. The van der Waals surface area contributed by atoms with Crippen molar-refractivity contribution in [2.75, 3.05) is 0 Å². The van der Waals surface area contributed by atoms with Crippen LogP contribution in [0.5, 0.6) is 0 Å². The van der Waals surface area contributed by atoms with E-state index in [9.17, 15) is 0 Å². The van der Waals surface area contributed by atoms with Crippen LogP contribution in [0.4, 0.5) is 0 Å². The van der Waals surface area contributed by atoms with Crippen molar-refractivity contribution >= 4 is 0 Å². The minimum Gasteiger partial charge on any atom is 0 e. The Labute approximate surface area is 96.0 Å². The van der Waals surface area contributed by atoms with Gasteiger partial charge < -0.3 is 0 Å². The predicted molar refractivity (Wildman–Crippen MR) is 0 cm³/mol. The van der Waals surface area contributed by atoms with E-state index in [4.69, 9.17) is 0 Å². The molecule has 0 heterocycles. The Hall–Kier alpha value is 3.12. The first kappa shape index (κ1) is 27.4. The van der Waals surface area contributed by atoms with E-state index in [-0.39, 0.29) is 98.2 Å². The van der Waals surface area contributed by atoms with Crippen LogP contribution in [0.15, 0.2) is 0 Å². The minimum absolute atomic E-state index is 0. The van der Waals surface area contributed by atoms with E-state index in [0.29, 0.717) is 0 Å². The van der Waals surface area contributed by atoms with Crippen LogP contribution in [0.3, 0.4) is 0 Å². The number of rotatable bonds is 0. The van der Waals surface area contributed by atoms with Crippen LogP contribution in [-0.2, 0) is 39.9 Å². The summed E-state index contributed by atoms with van der Waals surface area (Å²) in [6.45, 7) is 0. The second kappa shape index (κ2) is 16.5. The summed E-state index contributed by atoms with van der Waals surface area (Å²) >= 11 is 0. The zero-order valence-electron chi connectivity index (χ0n) is 1.63. The van der Waals surface area contributed by atoms with Crippen molar-refractivity contribution in [3.05, 3.63) is 0 Å². The Morgan fingerprint density at radius 2 is 1.00 bits per heavy atom. The molecule has 0 rings (SSSR count). The first-order chi connectivity index (χ1) is 0. The summed E-state index contributed by atoms with van der Waals surface area (Å²) in [4.78, 5) is 0. The van der Waals surface area contributed by atoms with Gasteiger partial charge in [0.15, 0.2) is 0 Å². The standard InChI is InChI=1S/Ac.Am.Pd.Ru. The van der Waals surface area contributed by atoms with Crippen molar-refractivity contribution in [1.82, 2.24) is 0 Å². The van der Waals surface area contributed by atoms with Gasteiger partial charge >= 0.3 is 0 Å². The van der Waals surface area contributed by atoms with Crippen LogP contribution in [0.2, 0.25) is 0 Å². The molecule has 2 radical (unpaired) electrons. The summed E-state index contributed by atoms with van der Waals surface area (Å²) in [5.74, 6) is 0. The summed E-state index contributed by atoms with van der Waals surface area (Å²) in [5, 5.41) is 0. The monoisotopic (exact) mass is 676 g/mol. The molecule has 0 aromatic carbocycles. The molecule has 0 amide bonds. The smallest absolute Gasteiger partial charge is 0 e. The summed E-state index contributed by atoms with van der Waals surface area (Å²) in [5.41, 5.74) is 0. The summed E-state index contributed by atoms with van der Waals surface area (Å²) in [6, 6.07) is 0. The molecule has 4 heteroatoms. The molecule has 0 aliphatic rings. The first-order valence-electron chi connectivity index (χ1n) is 0. The molecule has 0 N–H and O–H groups in total. The molecule has 0 fully saturated rings. The molecular formula is AcAmPdRu. The molecular weight excluding hydrogens is 677 g/mol. The summed E-state index contributed by atoms with van der Waals surface area (Å²) < 4.78 is 0. The van der Waals surface area contributed by atoms with Crippen molar-refractivity contribution in [3.8, 4) is 0 Å². The van der Waals surface area contributed by atoms with Gasteiger partial charge in [-0.05, 0) is 0 Å². The fraction of sp³-hybridized carbons (Fsp3) is 0. The van der Waals surface area contributed by atoms with Crippen LogP contribution in [0.25, 0.3) is 0 Å². The van der Waals surface area contributed by atoms with Crippen LogP contribution in [0, 0.1) is 58.3 Å². The molecule has 0 aliphatic heterocycles. The minimum atomic E-state index is 0. The third-order valence-corrected chi connectivity index (χ3v) is 0. The van der Waals surface area contributed by atoms with Crippen molar-refractivity contribution in [3.63, 3.8) is 0 Å². The normalized spacial score (nSPS) is 0. The molecule has 0 spiro atoms. The maximum absolute atomic E-state index is 0. The molecule has 0 bridgehead atoms. The van der Waals surface area contributed by atoms with E-state index in [1.54, 1.807) is 0 Å². The van der Waals surface area contributed by atoms with Gasteiger partial charge in [-0.15, -0.1) is 0 Å². The molecule has 0 unspecified atom stereocenters. The second-order valence-electron chi connectivity index (χ2n) is 0. The van der Waals surface area contributed by atoms with Crippen molar-refractivity contribution < 1.29 is 98.2 Å². The third kappa shape index (κ3) is 8.93. The molecule has 0 saturated heterocycles. The van der Waals surface area contributed by atoms with Gasteiger partial charge in [0.2, 0.25) is 0 Å². The van der Waals surface area contributed by atoms with E-state index in [0.717, 1.165) is 0 Å². The average molecular weight is 677 g/mol. The topological polar surface area (TPSA) is 0 Å². The Balaban J connectivity index is 0. The maximum atomic E-state index is 0. The van der Waals surface area contributed by atoms with Crippen molar-refractivity contribution in [2.45, 2.75) is 0 Å². The Bertz CT molecular complexity index is 8.00. The van der Waals surface area contributed by atoms with Crippen molar-refractivity contribution in [1.29, 1.82) is 0 Å². The van der Waals surface area contributed by atoms with E-state index in [2.05, 4.69) is 0 Å². The molecule has 0 nitrogen and oxygen atoms in total. The van der Waals surface area contributed by atoms with Gasteiger partial charge in [0.25, 0.3) is 0 Å². The first-order valence-corrected chi connectivity index (χ1v) is 0. The zero-order chi connectivity index (χ0) is 0. The van der Waals surface area contributed by atoms with Gasteiger partial charge in [-0.1, -0.05) is 0 Å². The van der Waals surface area contributed by atoms with Gasteiger partial charge in [-0.2, -0.15) is 0 Å². The largest absolute Gasteiger partial charge is 0 e. The second-order valence-corrected chi connectivity index (χ2v) is 0. The molecule has 0 atom stereocenters. The number of hydrogen-bond acceptors (Lipinski definition) is 0. The average Bonchev–Trinajstić information content (AvgIpc) is 0. The summed E-state index contributed by atoms with van der Waals surface area (Å²) in [6.07, 6.45) is 0. The molecule has 0 aliphatic carbocycles. The molecule has 28 valence electrons. The Morgan fingerprint density at radius 3 is 1.00 bits per heavy atom.